The van der Waals surface area contributed by atoms with E-state index in [1.807, 2.05) is 18.6 Å². The van der Waals surface area contributed by atoms with E-state index in [0.717, 1.165) is 30.5 Å². The minimum atomic E-state index is 0.818. The lowest BCUT2D eigenvalue weighted by molar-refractivity contribution is 0.819. The van der Waals surface area contributed by atoms with Crippen LogP contribution in [0.4, 0.5) is 5.13 Å². The van der Waals surface area contributed by atoms with E-state index in [-0.39, 0.29) is 0 Å². The second-order valence-corrected chi connectivity index (χ2v) is 6.48. The van der Waals surface area contributed by atoms with E-state index in [1.54, 1.807) is 22.7 Å². The molecule has 0 atom stereocenters. The average Bonchev–Trinajstić information content (AvgIpc) is 3.18. The highest BCUT2D eigenvalue weighted by atomic mass is 32.1. The predicted molar refractivity (Wildman–Crippen MR) is 85.5 cm³/mol. The lowest BCUT2D eigenvalue weighted by atomic mass is 10.4. The smallest absolute Gasteiger partial charge is 0.182 e. The first-order valence-corrected chi connectivity index (χ1v) is 8.30. The molecule has 0 radical (unpaired) electrons. The van der Waals surface area contributed by atoms with Crippen LogP contribution >= 0.6 is 22.7 Å². The summed E-state index contributed by atoms with van der Waals surface area (Å²) < 4.78 is 2.17. The number of rotatable bonds is 6. The first kappa shape index (κ1) is 13.3. The Bertz CT molecular complexity index is 654. The number of thiophene rings is 1. The molecule has 0 saturated heterocycles. The standard InChI is InChI=1S/C14H16N4S2/c1-2-5-16-14-17-9-11(20-14)10-18-7-6-15-13(18)12-4-3-8-19-12/h3-4,6-9H,2,5,10H2,1H3,(H,16,17). The molecule has 0 aliphatic carbocycles. The van der Waals surface area contributed by atoms with E-state index in [2.05, 4.69) is 44.3 Å². The molecular formula is C14H16N4S2. The summed E-state index contributed by atoms with van der Waals surface area (Å²) in [6.45, 7) is 3.94. The number of nitrogens with zero attached hydrogens (tertiary/aromatic N) is 3. The number of hydrogen-bond donors (Lipinski definition) is 1. The van der Waals surface area contributed by atoms with Crippen molar-refractivity contribution in [3.63, 3.8) is 0 Å². The number of imidazole rings is 1. The second-order valence-electron chi connectivity index (χ2n) is 4.41. The van der Waals surface area contributed by atoms with Crippen molar-refractivity contribution in [2.45, 2.75) is 19.9 Å². The zero-order valence-electron chi connectivity index (χ0n) is 11.2. The number of thiazole rings is 1. The predicted octanol–water partition coefficient (Wildman–Crippen LogP) is 3.94. The molecule has 3 rings (SSSR count). The Morgan fingerprint density at radius 2 is 2.30 bits per heavy atom. The van der Waals surface area contributed by atoms with Gasteiger partial charge in [-0.2, -0.15) is 0 Å². The van der Waals surface area contributed by atoms with Gasteiger partial charge in [0, 0.05) is 30.0 Å². The van der Waals surface area contributed by atoms with Crippen molar-refractivity contribution in [1.82, 2.24) is 14.5 Å². The molecule has 0 unspecified atom stereocenters. The Morgan fingerprint density at radius 1 is 1.35 bits per heavy atom. The van der Waals surface area contributed by atoms with Gasteiger partial charge in [-0.25, -0.2) is 9.97 Å². The van der Waals surface area contributed by atoms with Gasteiger partial charge < -0.3 is 9.88 Å². The molecule has 0 spiro atoms. The third kappa shape index (κ3) is 2.91. The van der Waals surface area contributed by atoms with E-state index in [0.29, 0.717) is 0 Å². The largest absolute Gasteiger partial charge is 0.362 e. The molecule has 0 aromatic carbocycles. The zero-order valence-corrected chi connectivity index (χ0v) is 12.9. The van der Waals surface area contributed by atoms with Gasteiger partial charge in [-0.15, -0.1) is 22.7 Å². The summed E-state index contributed by atoms with van der Waals surface area (Å²) in [5.74, 6) is 1.02. The van der Waals surface area contributed by atoms with Crippen LogP contribution in [0, 0.1) is 0 Å². The highest BCUT2D eigenvalue weighted by Crippen LogP contribution is 2.25. The van der Waals surface area contributed by atoms with Gasteiger partial charge >= 0.3 is 0 Å². The Morgan fingerprint density at radius 3 is 3.10 bits per heavy atom. The molecule has 3 aromatic heterocycles. The summed E-state index contributed by atoms with van der Waals surface area (Å²) in [5, 5.41) is 6.40. The van der Waals surface area contributed by atoms with Gasteiger partial charge in [0.1, 0.15) is 5.82 Å². The first-order chi connectivity index (χ1) is 9.86. The van der Waals surface area contributed by atoms with Crippen LogP contribution in [0.3, 0.4) is 0 Å². The van der Waals surface area contributed by atoms with Gasteiger partial charge in [-0.1, -0.05) is 13.0 Å². The molecule has 0 fully saturated rings. The summed E-state index contributed by atoms with van der Waals surface area (Å²) in [6, 6.07) is 4.16. The number of hydrogen-bond acceptors (Lipinski definition) is 5. The Kier molecular flexibility index (Phi) is 4.13. The van der Waals surface area contributed by atoms with Crippen LogP contribution in [-0.2, 0) is 6.54 Å². The van der Waals surface area contributed by atoms with Crippen LogP contribution < -0.4 is 5.32 Å². The fourth-order valence-electron chi connectivity index (χ4n) is 1.93. The van der Waals surface area contributed by atoms with E-state index >= 15 is 0 Å². The van der Waals surface area contributed by atoms with Gasteiger partial charge in [-0.05, 0) is 17.9 Å². The van der Waals surface area contributed by atoms with Crippen LogP contribution in [0.5, 0.6) is 0 Å². The number of anilines is 1. The summed E-state index contributed by atoms with van der Waals surface area (Å²) in [4.78, 5) is 11.3. The Balaban J connectivity index is 1.75. The Hall–Kier alpha value is -1.66. The highest BCUT2D eigenvalue weighted by Gasteiger charge is 2.09. The molecule has 0 saturated carbocycles. The normalized spacial score (nSPS) is 10.8. The molecule has 20 heavy (non-hydrogen) atoms. The van der Waals surface area contributed by atoms with E-state index in [1.165, 1.54) is 9.75 Å². The van der Waals surface area contributed by atoms with Crippen LogP contribution in [0.1, 0.15) is 18.2 Å². The van der Waals surface area contributed by atoms with Crippen LogP contribution in [0.15, 0.2) is 36.1 Å². The molecule has 1 N–H and O–H groups in total. The Labute approximate surface area is 126 Å². The summed E-state index contributed by atoms with van der Waals surface area (Å²) in [5.41, 5.74) is 0. The van der Waals surface area contributed by atoms with Crippen molar-refractivity contribution in [2.75, 3.05) is 11.9 Å². The van der Waals surface area contributed by atoms with Crippen LogP contribution in [0.25, 0.3) is 10.7 Å². The topological polar surface area (TPSA) is 42.7 Å². The minimum Gasteiger partial charge on any atom is -0.362 e. The van der Waals surface area contributed by atoms with Crippen LogP contribution in [0.2, 0.25) is 0 Å². The third-order valence-corrected chi connectivity index (χ3v) is 4.67. The van der Waals surface area contributed by atoms with Gasteiger partial charge in [0.05, 0.1) is 11.4 Å². The summed E-state index contributed by atoms with van der Waals surface area (Å²) in [7, 11) is 0. The van der Waals surface area contributed by atoms with Crippen molar-refractivity contribution in [3.8, 4) is 10.7 Å². The van der Waals surface area contributed by atoms with Crippen molar-refractivity contribution in [3.05, 3.63) is 41.0 Å². The van der Waals surface area contributed by atoms with Gasteiger partial charge in [-0.3, -0.25) is 0 Å². The summed E-state index contributed by atoms with van der Waals surface area (Å²) in [6.07, 6.45) is 6.93. The van der Waals surface area contributed by atoms with Gasteiger partial charge in [0.2, 0.25) is 0 Å². The molecule has 6 heteroatoms. The minimum absolute atomic E-state index is 0.818. The van der Waals surface area contributed by atoms with Crippen LogP contribution in [-0.4, -0.2) is 21.1 Å². The molecule has 0 bridgehead atoms. The molecule has 104 valence electrons. The average molecular weight is 304 g/mol. The molecule has 0 aliphatic rings. The zero-order chi connectivity index (χ0) is 13.8. The molecule has 3 heterocycles. The second kappa shape index (κ2) is 6.19. The maximum Gasteiger partial charge on any atom is 0.182 e. The number of nitrogens with one attached hydrogen (secondary N) is 1. The third-order valence-electron chi connectivity index (χ3n) is 2.86. The molecular weight excluding hydrogens is 288 g/mol. The number of aromatic nitrogens is 3. The fraction of sp³-hybridized carbons (Fsp3) is 0.286. The molecule has 0 amide bonds. The van der Waals surface area contributed by atoms with E-state index < -0.39 is 0 Å². The lowest BCUT2D eigenvalue weighted by Gasteiger charge is -2.04. The van der Waals surface area contributed by atoms with Gasteiger partial charge in [0.25, 0.3) is 0 Å². The van der Waals surface area contributed by atoms with Gasteiger partial charge in [0.15, 0.2) is 5.13 Å². The lowest BCUT2D eigenvalue weighted by Crippen LogP contribution is -1.98. The maximum atomic E-state index is 4.45. The van der Waals surface area contributed by atoms with E-state index in [9.17, 15) is 0 Å². The molecule has 3 aromatic rings. The first-order valence-electron chi connectivity index (χ1n) is 6.60. The SMILES string of the molecule is CCCNc1ncc(Cn2ccnc2-c2cccs2)s1. The summed E-state index contributed by atoms with van der Waals surface area (Å²) >= 11 is 3.42. The monoisotopic (exact) mass is 304 g/mol. The van der Waals surface area contributed by atoms with Crippen molar-refractivity contribution < 1.29 is 0 Å². The van der Waals surface area contributed by atoms with Crippen molar-refractivity contribution in [1.29, 1.82) is 0 Å². The van der Waals surface area contributed by atoms with Crippen molar-refractivity contribution >= 4 is 27.8 Å². The quantitative estimate of drug-likeness (QED) is 0.750. The highest BCUT2D eigenvalue weighted by molar-refractivity contribution is 7.15. The fourth-order valence-corrected chi connectivity index (χ4v) is 3.50. The molecule has 4 nitrogen and oxygen atoms in total. The van der Waals surface area contributed by atoms with E-state index in [4.69, 9.17) is 0 Å². The molecule has 0 aliphatic heterocycles. The maximum absolute atomic E-state index is 4.45. The van der Waals surface area contributed by atoms with Crippen molar-refractivity contribution in [2.24, 2.45) is 0 Å².